The fraction of sp³-hybridized carbons (Fsp3) is 0.833. The lowest BCUT2D eigenvalue weighted by Crippen LogP contribution is -2.46. The Morgan fingerprint density at radius 3 is 2.52 bits per heavy atom. The highest BCUT2D eigenvalue weighted by atomic mass is 19.4. The van der Waals surface area contributed by atoms with E-state index in [4.69, 9.17) is 4.74 Å². The maximum absolute atomic E-state index is 13.1. The SMILES string of the molecule is CC(C)(C)OC(=O)N1CC=C(CNC2CCCCC2C(F)(F)F)CC1. The van der Waals surface area contributed by atoms with Crippen LogP contribution in [0.4, 0.5) is 18.0 Å². The lowest BCUT2D eigenvalue weighted by atomic mass is 9.84. The van der Waals surface area contributed by atoms with Gasteiger partial charge in [-0.15, -0.1) is 0 Å². The van der Waals surface area contributed by atoms with Crippen molar-refractivity contribution in [2.75, 3.05) is 19.6 Å². The Kier molecular flexibility index (Phi) is 6.40. The van der Waals surface area contributed by atoms with Gasteiger partial charge in [-0.05, 0) is 40.0 Å². The first-order chi connectivity index (χ1) is 11.6. The molecule has 4 nitrogen and oxygen atoms in total. The minimum absolute atomic E-state index is 0.215. The minimum Gasteiger partial charge on any atom is -0.444 e. The van der Waals surface area contributed by atoms with Crippen LogP contribution in [0, 0.1) is 5.92 Å². The van der Waals surface area contributed by atoms with E-state index in [1.165, 1.54) is 0 Å². The first kappa shape index (κ1) is 20.1. The first-order valence-electron chi connectivity index (χ1n) is 9.02. The van der Waals surface area contributed by atoms with E-state index in [1.807, 2.05) is 26.8 Å². The zero-order chi connectivity index (χ0) is 18.7. The van der Waals surface area contributed by atoms with Crippen molar-refractivity contribution in [2.45, 2.75) is 70.7 Å². The van der Waals surface area contributed by atoms with E-state index in [0.29, 0.717) is 38.9 Å². The van der Waals surface area contributed by atoms with E-state index in [2.05, 4.69) is 5.32 Å². The van der Waals surface area contributed by atoms with Gasteiger partial charge in [-0.2, -0.15) is 13.2 Å². The topological polar surface area (TPSA) is 41.6 Å². The van der Waals surface area contributed by atoms with E-state index in [0.717, 1.165) is 12.0 Å². The van der Waals surface area contributed by atoms with Crippen molar-refractivity contribution in [1.29, 1.82) is 0 Å². The van der Waals surface area contributed by atoms with Crippen molar-refractivity contribution in [2.24, 2.45) is 5.92 Å². The fourth-order valence-corrected chi connectivity index (χ4v) is 3.39. The van der Waals surface area contributed by atoms with Crippen LogP contribution in [0.2, 0.25) is 0 Å². The normalized spacial score (nSPS) is 25.5. The Hall–Kier alpha value is -1.24. The number of rotatable bonds is 3. The van der Waals surface area contributed by atoms with Crippen molar-refractivity contribution in [1.82, 2.24) is 10.2 Å². The molecule has 7 heteroatoms. The van der Waals surface area contributed by atoms with Gasteiger partial charge in [0.2, 0.25) is 0 Å². The molecular weight excluding hydrogens is 333 g/mol. The molecule has 2 rings (SSSR count). The summed E-state index contributed by atoms with van der Waals surface area (Å²) in [5.74, 6) is -1.25. The molecule has 1 aliphatic carbocycles. The molecule has 2 unspecified atom stereocenters. The maximum Gasteiger partial charge on any atom is 0.410 e. The molecule has 1 aliphatic heterocycles. The van der Waals surface area contributed by atoms with E-state index in [1.54, 1.807) is 4.90 Å². The minimum atomic E-state index is -4.13. The molecule has 144 valence electrons. The smallest absolute Gasteiger partial charge is 0.410 e. The molecular formula is C18H29F3N2O2. The van der Waals surface area contributed by atoms with Crippen LogP contribution in [0.5, 0.6) is 0 Å². The van der Waals surface area contributed by atoms with E-state index in [-0.39, 0.29) is 12.5 Å². The monoisotopic (exact) mass is 362 g/mol. The molecule has 2 aliphatic rings. The van der Waals surface area contributed by atoms with Crippen molar-refractivity contribution in [3.8, 4) is 0 Å². The van der Waals surface area contributed by atoms with Crippen molar-refractivity contribution in [3.05, 3.63) is 11.6 Å². The number of halogens is 3. The third-order valence-electron chi connectivity index (χ3n) is 4.73. The molecule has 1 fully saturated rings. The number of nitrogens with one attached hydrogen (secondary N) is 1. The second-order valence-corrected chi connectivity index (χ2v) is 7.96. The van der Waals surface area contributed by atoms with Crippen LogP contribution in [0.1, 0.15) is 52.9 Å². The van der Waals surface area contributed by atoms with Gasteiger partial charge in [-0.3, -0.25) is 0 Å². The molecule has 1 heterocycles. The summed E-state index contributed by atoms with van der Waals surface area (Å²) in [6, 6.07) is -0.501. The molecule has 0 radical (unpaired) electrons. The first-order valence-corrected chi connectivity index (χ1v) is 9.02. The summed E-state index contributed by atoms with van der Waals surface area (Å²) in [5.41, 5.74) is 0.530. The summed E-state index contributed by atoms with van der Waals surface area (Å²) in [6.45, 7) is 6.90. The maximum atomic E-state index is 13.1. The second kappa shape index (κ2) is 7.98. The molecule has 25 heavy (non-hydrogen) atoms. The van der Waals surface area contributed by atoms with Gasteiger partial charge >= 0.3 is 12.3 Å². The van der Waals surface area contributed by atoms with E-state index < -0.39 is 23.7 Å². The van der Waals surface area contributed by atoms with Crippen LogP contribution < -0.4 is 5.32 Å². The summed E-state index contributed by atoms with van der Waals surface area (Å²) in [6.07, 6.45) is 0.383. The lowest BCUT2D eigenvalue weighted by Gasteiger charge is -2.34. The fourth-order valence-electron chi connectivity index (χ4n) is 3.39. The van der Waals surface area contributed by atoms with Gasteiger partial charge in [-0.25, -0.2) is 4.79 Å². The van der Waals surface area contributed by atoms with E-state index in [9.17, 15) is 18.0 Å². The average molecular weight is 362 g/mol. The highest BCUT2D eigenvalue weighted by molar-refractivity contribution is 5.68. The van der Waals surface area contributed by atoms with Crippen molar-refractivity contribution < 1.29 is 22.7 Å². The van der Waals surface area contributed by atoms with Gasteiger partial charge in [0.15, 0.2) is 0 Å². The Morgan fingerprint density at radius 1 is 1.28 bits per heavy atom. The molecule has 1 saturated carbocycles. The number of hydrogen-bond donors (Lipinski definition) is 1. The van der Waals surface area contributed by atoms with Crippen LogP contribution in [0.15, 0.2) is 11.6 Å². The summed E-state index contributed by atoms with van der Waals surface area (Å²) >= 11 is 0. The number of carbonyl (C=O) groups excluding carboxylic acids is 1. The molecule has 1 amide bonds. The molecule has 0 bridgehead atoms. The summed E-state index contributed by atoms with van der Waals surface area (Å²) in [7, 11) is 0. The van der Waals surface area contributed by atoms with Gasteiger partial charge in [0.1, 0.15) is 5.60 Å². The molecule has 0 aromatic carbocycles. The summed E-state index contributed by atoms with van der Waals surface area (Å²) in [4.78, 5) is 13.6. The number of carbonyl (C=O) groups is 1. The standard InChI is InChI=1S/C18H29F3N2O2/c1-17(2,3)25-16(24)23-10-8-13(9-11-23)12-22-15-7-5-4-6-14(15)18(19,20)21/h8,14-15,22H,4-7,9-12H2,1-3H3. The summed E-state index contributed by atoms with van der Waals surface area (Å²) < 4.78 is 44.7. The van der Waals surface area contributed by atoms with Gasteiger partial charge in [0.25, 0.3) is 0 Å². The number of hydrogen-bond acceptors (Lipinski definition) is 3. The predicted octanol–water partition coefficient (Wildman–Crippen LogP) is 4.26. The zero-order valence-electron chi connectivity index (χ0n) is 15.3. The Bertz CT molecular complexity index is 498. The highest BCUT2D eigenvalue weighted by Crippen LogP contribution is 2.37. The zero-order valence-corrected chi connectivity index (χ0v) is 15.3. The number of amides is 1. The third-order valence-corrected chi connectivity index (χ3v) is 4.73. The Balaban J connectivity index is 1.83. The van der Waals surface area contributed by atoms with Crippen LogP contribution >= 0.6 is 0 Å². The molecule has 0 aromatic rings. The molecule has 0 saturated heterocycles. The molecule has 2 atom stereocenters. The number of ether oxygens (including phenoxy) is 1. The highest BCUT2D eigenvalue weighted by Gasteiger charge is 2.45. The number of nitrogens with zero attached hydrogens (tertiary/aromatic N) is 1. The third kappa shape index (κ3) is 6.20. The van der Waals surface area contributed by atoms with Crippen LogP contribution in [0.25, 0.3) is 0 Å². The van der Waals surface area contributed by atoms with Crippen molar-refractivity contribution in [3.63, 3.8) is 0 Å². The predicted molar refractivity (Wildman–Crippen MR) is 90.3 cm³/mol. The Morgan fingerprint density at radius 2 is 1.96 bits per heavy atom. The average Bonchev–Trinajstić information content (AvgIpc) is 2.51. The molecule has 1 N–H and O–H groups in total. The Labute approximate surface area is 147 Å². The van der Waals surface area contributed by atoms with Gasteiger partial charge < -0.3 is 15.0 Å². The molecule has 0 spiro atoms. The van der Waals surface area contributed by atoms with Crippen LogP contribution in [0.3, 0.4) is 0 Å². The number of alkyl halides is 3. The van der Waals surface area contributed by atoms with Gasteiger partial charge in [0.05, 0.1) is 5.92 Å². The summed E-state index contributed by atoms with van der Waals surface area (Å²) in [5, 5.41) is 3.11. The van der Waals surface area contributed by atoms with E-state index >= 15 is 0 Å². The van der Waals surface area contributed by atoms with Crippen LogP contribution in [-0.4, -0.2) is 48.4 Å². The lowest BCUT2D eigenvalue weighted by molar-refractivity contribution is -0.188. The second-order valence-electron chi connectivity index (χ2n) is 7.96. The largest absolute Gasteiger partial charge is 0.444 e. The quantitative estimate of drug-likeness (QED) is 0.763. The van der Waals surface area contributed by atoms with Gasteiger partial charge in [0, 0.05) is 25.7 Å². The van der Waals surface area contributed by atoms with Crippen molar-refractivity contribution >= 4 is 6.09 Å². The van der Waals surface area contributed by atoms with Gasteiger partial charge in [-0.1, -0.05) is 24.5 Å². The van der Waals surface area contributed by atoms with Crippen LogP contribution in [-0.2, 0) is 4.74 Å². The molecule has 0 aromatic heterocycles.